The summed E-state index contributed by atoms with van der Waals surface area (Å²) in [5.41, 5.74) is 1.01. The zero-order chi connectivity index (χ0) is 11.0. The first kappa shape index (κ1) is 9.87. The van der Waals surface area contributed by atoms with Gasteiger partial charge in [0.2, 0.25) is 0 Å². The van der Waals surface area contributed by atoms with Gasteiger partial charge >= 0.3 is 0 Å². The third-order valence-electron chi connectivity index (χ3n) is 2.64. The Balaban J connectivity index is 2.07. The fraction of sp³-hybridized carbons (Fsp3) is 0.0769. The average Bonchev–Trinajstić information content (AvgIpc) is 2.93. The summed E-state index contributed by atoms with van der Waals surface area (Å²) in [5.74, 6) is 0.437. The maximum atomic E-state index is 10.1. The molecule has 0 radical (unpaired) electrons. The number of phenolic OH excluding ortho intramolecular Hbond substituents is 1. The van der Waals surface area contributed by atoms with Gasteiger partial charge in [-0.3, -0.25) is 0 Å². The minimum absolute atomic E-state index is 0.437. The number of rotatable bonds is 2. The van der Waals surface area contributed by atoms with E-state index in [1.165, 1.54) is 4.88 Å². The molecule has 2 heterocycles. The van der Waals surface area contributed by atoms with Gasteiger partial charge in [-0.1, -0.05) is 12.1 Å². The highest BCUT2D eigenvalue weighted by atomic mass is 32.1. The lowest BCUT2D eigenvalue weighted by Crippen LogP contribution is -1.85. The van der Waals surface area contributed by atoms with Crippen LogP contribution in [0.25, 0.3) is 10.1 Å². The molecule has 1 nitrogen and oxygen atoms in total. The molecule has 2 aromatic heterocycles. The average molecular weight is 246 g/mol. The molecule has 0 spiro atoms. The smallest absolute Gasteiger partial charge is 0.127 e. The molecule has 0 amide bonds. The van der Waals surface area contributed by atoms with Crippen LogP contribution in [0.2, 0.25) is 0 Å². The maximum Gasteiger partial charge on any atom is 0.127 e. The van der Waals surface area contributed by atoms with Crippen LogP contribution in [0.15, 0.2) is 41.1 Å². The highest BCUT2D eigenvalue weighted by Gasteiger charge is 2.08. The van der Waals surface area contributed by atoms with E-state index in [4.69, 9.17) is 0 Å². The Morgan fingerprint density at radius 2 is 1.94 bits per heavy atom. The van der Waals surface area contributed by atoms with Gasteiger partial charge in [0.15, 0.2) is 0 Å². The number of hydrogen-bond acceptors (Lipinski definition) is 3. The number of thiophene rings is 2. The molecule has 0 fully saturated rings. The largest absolute Gasteiger partial charge is 0.507 e. The van der Waals surface area contributed by atoms with Crippen LogP contribution < -0.4 is 0 Å². The SMILES string of the molecule is Oc1c(Cc2cccs2)ccc2sccc12. The molecule has 16 heavy (non-hydrogen) atoms. The van der Waals surface area contributed by atoms with Gasteiger partial charge in [-0.05, 0) is 34.5 Å². The van der Waals surface area contributed by atoms with E-state index in [9.17, 15) is 5.11 Å². The maximum absolute atomic E-state index is 10.1. The molecule has 1 N–H and O–H groups in total. The summed E-state index contributed by atoms with van der Waals surface area (Å²) < 4.78 is 1.15. The first-order valence-corrected chi connectivity index (χ1v) is 6.81. The summed E-state index contributed by atoms with van der Waals surface area (Å²) in [6.45, 7) is 0. The van der Waals surface area contributed by atoms with E-state index < -0.39 is 0 Å². The zero-order valence-corrected chi connectivity index (χ0v) is 10.1. The lowest BCUT2D eigenvalue weighted by atomic mass is 10.1. The van der Waals surface area contributed by atoms with Crippen molar-refractivity contribution in [3.05, 3.63) is 51.5 Å². The van der Waals surface area contributed by atoms with E-state index in [1.807, 2.05) is 23.6 Å². The van der Waals surface area contributed by atoms with Gasteiger partial charge in [0.05, 0.1) is 0 Å². The Morgan fingerprint density at radius 1 is 1.00 bits per heavy atom. The minimum Gasteiger partial charge on any atom is -0.507 e. The van der Waals surface area contributed by atoms with Gasteiger partial charge in [0.25, 0.3) is 0 Å². The van der Waals surface area contributed by atoms with Gasteiger partial charge in [0.1, 0.15) is 5.75 Å². The molecule has 0 saturated carbocycles. The third kappa shape index (κ3) is 1.62. The van der Waals surface area contributed by atoms with Crippen LogP contribution in [-0.2, 0) is 6.42 Å². The van der Waals surface area contributed by atoms with E-state index in [2.05, 4.69) is 17.5 Å². The number of hydrogen-bond donors (Lipinski definition) is 1. The van der Waals surface area contributed by atoms with Crippen molar-refractivity contribution in [2.24, 2.45) is 0 Å². The van der Waals surface area contributed by atoms with Crippen molar-refractivity contribution in [1.82, 2.24) is 0 Å². The summed E-state index contributed by atoms with van der Waals surface area (Å²) in [4.78, 5) is 1.28. The van der Waals surface area contributed by atoms with Crippen molar-refractivity contribution in [3.8, 4) is 5.75 Å². The topological polar surface area (TPSA) is 20.2 Å². The number of benzene rings is 1. The Hall–Kier alpha value is -1.32. The summed E-state index contributed by atoms with van der Waals surface area (Å²) in [5, 5.41) is 15.2. The van der Waals surface area contributed by atoms with Crippen LogP contribution >= 0.6 is 22.7 Å². The predicted octanol–water partition coefficient (Wildman–Crippen LogP) is 4.26. The molecule has 3 aromatic rings. The first-order valence-electron chi connectivity index (χ1n) is 5.05. The second kappa shape index (κ2) is 3.92. The second-order valence-corrected chi connectivity index (χ2v) is 5.64. The van der Waals surface area contributed by atoms with Crippen molar-refractivity contribution >= 4 is 32.8 Å². The highest BCUT2D eigenvalue weighted by Crippen LogP contribution is 2.33. The predicted molar refractivity (Wildman–Crippen MR) is 70.6 cm³/mol. The Kier molecular flexibility index (Phi) is 2.42. The van der Waals surface area contributed by atoms with Crippen LogP contribution in [0.5, 0.6) is 5.75 Å². The van der Waals surface area contributed by atoms with Crippen LogP contribution in [0.4, 0.5) is 0 Å². The van der Waals surface area contributed by atoms with Crippen molar-refractivity contribution in [1.29, 1.82) is 0 Å². The van der Waals surface area contributed by atoms with Gasteiger partial charge in [-0.2, -0.15) is 0 Å². The normalized spacial score (nSPS) is 11.0. The van der Waals surface area contributed by atoms with E-state index >= 15 is 0 Å². The van der Waals surface area contributed by atoms with Gasteiger partial charge in [0, 0.05) is 21.4 Å². The van der Waals surface area contributed by atoms with Crippen LogP contribution in [0.3, 0.4) is 0 Å². The lowest BCUT2D eigenvalue weighted by Gasteiger charge is -2.04. The molecule has 0 saturated heterocycles. The lowest BCUT2D eigenvalue weighted by molar-refractivity contribution is 0.476. The van der Waals surface area contributed by atoms with Gasteiger partial charge < -0.3 is 5.11 Å². The van der Waals surface area contributed by atoms with E-state index in [1.54, 1.807) is 22.7 Å². The highest BCUT2D eigenvalue weighted by molar-refractivity contribution is 7.17. The summed E-state index contributed by atoms with van der Waals surface area (Å²) >= 11 is 3.39. The molecular weight excluding hydrogens is 236 g/mol. The summed E-state index contributed by atoms with van der Waals surface area (Å²) in [7, 11) is 0. The Labute approximate surface area is 102 Å². The third-order valence-corrected chi connectivity index (χ3v) is 4.39. The van der Waals surface area contributed by atoms with Crippen LogP contribution in [0.1, 0.15) is 10.4 Å². The van der Waals surface area contributed by atoms with E-state index in [0.717, 1.165) is 22.1 Å². The molecule has 3 rings (SSSR count). The fourth-order valence-electron chi connectivity index (χ4n) is 1.82. The van der Waals surface area contributed by atoms with Crippen molar-refractivity contribution < 1.29 is 5.11 Å². The van der Waals surface area contributed by atoms with Crippen molar-refractivity contribution in [2.45, 2.75) is 6.42 Å². The second-order valence-electron chi connectivity index (χ2n) is 3.66. The van der Waals surface area contributed by atoms with E-state index in [-0.39, 0.29) is 0 Å². The standard InChI is InChI=1S/C13H10OS2/c14-13-9(8-10-2-1-6-15-10)3-4-12-11(13)5-7-16-12/h1-7,14H,8H2. The minimum atomic E-state index is 0.437. The summed E-state index contributed by atoms with van der Waals surface area (Å²) in [6, 6.07) is 10.2. The Morgan fingerprint density at radius 3 is 2.75 bits per heavy atom. The molecule has 0 atom stereocenters. The molecule has 0 bridgehead atoms. The molecule has 1 aromatic carbocycles. The zero-order valence-electron chi connectivity index (χ0n) is 8.51. The molecule has 0 aliphatic carbocycles. The van der Waals surface area contributed by atoms with Crippen LogP contribution in [0, 0.1) is 0 Å². The Bertz CT molecular complexity index is 608. The monoisotopic (exact) mass is 246 g/mol. The van der Waals surface area contributed by atoms with Crippen molar-refractivity contribution in [3.63, 3.8) is 0 Å². The summed E-state index contributed by atoms with van der Waals surface area (Å²) in [6.07, 6.45) is 0.815. The number of aromatic hydroxyl groups is 1. The first-order chi connectivity index (χ1) is 7.84. The molecule has 0 aliphatic heterocycles. The quantitative estimate of drug-likeness (QED) is 0.716. The molecular formula is C13H10OS2. The van der Waals surface area contributed by atoms with Crippen LogP contribution in [-0.4, -0.2) is 5.11 Å². The van der Waals surface area contributed by atoms with E-state index in [0.29, 0.717) is 5.75 Å². The van der Waals surface area contributed by atoms with Gasteiger partial charge in [-0.25, -0.2) is 0 Å². The molecule has 0 unspecified atom stereocenters. The van der Waals surface area contributed by atoms with Gasteiger partial charge in [-0.15, -0.1) is 22.7 Å². The fourth-order valence-corrected chi connectivity index (χ4v) is 3.33. The molecule has 0 aliphatic rings. The number of phenols is 1. The molecule has 3 heteroatoms. The molecule has 80 valence electrons. The number of fused-ring (bicyclic) bond motifs is 1. The van der Waals surface area contributed by atoms with Crippen molar-refractivity contribution in [2.75, 3.05) is 0 Å².